The third-order valence-corrected chi connectivity index (χ3v) is 8.75. The van der Waals surface area contributed by atoms with E-state index in [1.165, 1.54) is 30.6 Å². The summed E-state index contributed by atoms with van der Waals surface area (Å²) in [4.78, 5) is 30.4. The molecule has 2 N–H and O–H groups in total. The Bertz CT molecular complexity index is 1340. The standard InChI is InChI=1S/C27H24F3N3O3S/c28-19-8-21(30)22(9-20(19)29)33-25(35)32-18-3-1-17(2-4-18)23-13-31-26(37-23)36-24(34)27-10-14-5-15(11-27)7-16(6-14)12-27/h1-4,8-9,13-16H,5-7,10-12H2,(H2,32,33,35). The van der Waals surface area contributed by atoms with E-state index in [4.69, 9.17) is 4.74 Å². The average molecular weight is 528 g/mol. The van der Waals surface area contributed by atoms with E-state index in [-0.39, 0.29) is 11.4 Å². The molecule has 4 aliphatic carbocycles. The maximum Gasteiger partial charge on any atom is 0.323 e. The van der Waals surface area contributed by atoms with Crippen LogP contribution < -0.4 is 15.4 Å². The Morgan fingerprint density at radius 1 is 0.892 bits per heavy atom. The number of anilines is 2. The number of ether oxygens (including phenoxy) is 1. The van der Waals surface area contributed by atoms with Gasteiger partial charge in [-0.25, -0.2) is 22.9 Å². The van der Waals surface area contributed by atoms with Crippen LogP contribution in [0.3, 0.4) is 0 Å². The lowest BCUT2D eigenvalue weighted by Crippen LogP contribution is -2.51. The van der Waals surface area contributed by atoms with Gasteiger partial charge in [0, 0.05) is 24.0 Å². The van der Waals surface area contributed by atoms with Gasteiger partial charge >= 0.3 is 12.0 Å². The summed E-state index contributed by atoms with van der Waals surface area (Å²) in [5, 5.41) is 4.99. The summed E-state index contributed by atoms with van der Waals surface area (Å²) in [5.41, 5.74) is 0.389. The van der Waals surface area contributed by atoms with Crippen LogP contribution in [0.1, 0.15) is 38.5 Å². The van der Waals surface area contributed by atoms with Gasteiger partial charge in [-0.15, -0.1) is 0 Å². The number of carbonyl (C=O) groups excluding carboxylic acids is 2. The molecule has 0 spiro atoms. The van der Waals surface area contributed by atoms with Crippen LogP contribution in [0.4, 0.5) is 29.3 Å². The summed E-state index contributed by atoms with van der Waals surface area (Å²) in [6, 6.07) is 6.91. The van der Waals surface area contributed by atoms with E-state index >= 15 is 0 Å². The second-order valence-corrected chi connectivity index (χ2v) is 11.5. The monoisotopic (exact) mass is 527 g/mol. The summed E-state index contributed by atoms with van der Waals surface area (Å²) in [6.45, 7) is 0. The minimum atomic E-state index is -1.34. The maximum atomic E-state index is 13.8. The van der Waals surface area contributed by atoms with Crippen molar-refractivity contribution in [2.75, 3.05) is 10.6 Å². The van der Waals surface area contributed by atoms with Crippen molar-refractivity contribution in [3.8, 4) is 15.6 Å². The first kappa shape index (κ1) is 24.0. The van der Waals surface area contributed by atoms with Crippen molar-refractivity contribution in [1.82, 2.24) is 4.98 Å². The van der Waals surface area contributed by atoms with Crippen molar-refractivity contribution < 1.29 is 27.5 Å². The van der Waals surface area contributed by atoms with Crippen LogP contribution in [0.15, 0.2) is 42.6 Å². The molecule has 37 heavy (non-hydrogen) atoms. The number of urea groups is 1. The number of benzene rings is 2. The molecule has 2 aromatic carbocycles. The van der Waals surface area contributed by atoms with Gasteiger partial charge in [0.15, 0.2) is 11.6 Å². The normalized spacial score (nSPS) is 25.6. The third kappa shape index (κ3) is 4.70. The predicted octanol–water partition coefficient (Wildman–Crippen LogP) is 6.99. The molecule has 4 aliphatic rings. The largest absolute Gasteiger partial charge is 0.397 e. The molecule has 0 saturated heterocycles. The summed E-state index contributed by atoms with van der Waals surface area (Å²) in [7, 11) is 0. The first-order chi connectivity index (χ1) is 17.8. The van der Waals surface area contributed by atoms with E-state index in [2.05, 4.69) is 15.6 Å². The van der Waals surface area contributed by atoms with Gasteiger partial charge in [0.05, 0.1) is 16.0 Å². The second kappa shape index (κ2) is 9.16. The number of nitrogens with zero attached hydrogens (tertiary/aromatic N) is 1. The lowest BCUT2D eigenvalue weighted by molar-refractivity contribution is -0.161. The summed E-state index contributed by atoms with van der Waals surface area (Å²) >= 11 is 1.28. The lowest BCUT2D eigenvalue weighted by Gasteiger charge is -2.54. The molecule has 4 saturated carbocycles. The molecule has 0 radical (unpaired) electrons. The SMILES string of the molecule is O=C(Nc1ccc(-c2cnc(OC(=O)C34CC5CC(CC(C5)C3)C4)s2)cc1)Nc1cc(F)c(F)cc1F. The molecule has 0 unspecified atom stereocenters. The van der Waals surface area contributed by atoms with Crippen LogP contribution in [0.2, 0.25) is 0 Å². The molecule has 3 aromatic rings. The van der Waals surface area contributed by atoms with Crippen molar-refractivity contribution in [2.24, 2.45) is 23.2 Å². The minimum Gasteiger partial charge on any atom is -0.397 e. The van der Waals surface area contributed by atoms with Gasteiger partial charge in [0.25, 0.3) is 5.19 Å². The van der Waals surface area contributed by atoms with Crippen LogP contribution in [0.5, 0.6) is 5.19 Å². The number of esters is 1. The highest BCUT2D eigenvalue weighted by Crippen LogP contribution is 2.60. The Hall–Kier alpha value is -3.40. The van der Waals surface area contributed by atoms with E-state index in [1.807, 2.05) is 0 Å². The van der Waals surface area contributed by atoms with Gasteiger partial charge in [0.2, 0.25) is 0 Å². The van der Waals surface area contributed by atoms with Gasteiger partial charge in [-0.05, 0) is 74.0 Å². The molecule has 6 nitrogen and oxygen atoms in total. The molecular formula is C27H24F3N3O3S. The van der Waals surface area contributed by atoms with Gasteiger partial charge in [0.1, 0.15) is 5.82 Å². The molecule has 7 rings (SSSR count). The highest BCUT2D eigenvalue weighted by molar-refractivity contribution is 7.16. The number of nitrogens with one attached hydrogen (secondary N) is 2. The van der Waals surface area contributed by atoms with Crippen LogP contribution >= 0.6 is 11.3 Å². The first-order valence-corrected chi connectivity index (χ1v) is 13.1. The molecule has 4 fully saturated rings. The smallest absolute Gasteiger partial charge is 0.323 e. The quantitative estimate of drug-likeness (QED) is 0.277. The molecule has 4 bridgehead atoms. The number of rotatable bonds is 5. The van der Waals surface area contributed by atoms with Gasteiger partial charge in [-0.3, -0.25) is 4.79 Å². The lowest BCUT2D eigenvalue weighted by atomic mass is 9.49. The number of hydrogen-bond acceptors (Lipinski definition) is 5. The fourth-order valence-corrected chi connectivity index (χ4v) is 7.38. The zero-order valence-corrected chi connectivity index (χ0v) is 20.5. The van der Waals surface area contributed by atoms with Gasteiger partial charge < -0.3 is 15.4 Å². The molecule has 10 heteroatoms. The number of thiazole rings is 1. The first-order valence-electron chi connectivity index (χ1n) is 12.3. The van der Waals surface area contributed by atoms with Gasteiger partial charge in [-0.2, -0.15) is 0 Å². The number of carbonyl (C=O) groups is 2. The zero-order valence-electron chi connectivity index (χ0n) is 19.7. The molecule has 1 heterocycles. The highest BCUT2D eigenvalue weighted by Gasteiger charge is 2.55. The Labute approximate surface area is 215 Å². The summed E-state index contributed by atoms with van der Waals surface area (Å²) < 4.78 is 45.9. The zero-order chi connectivity index (χ0) is 25.7. The van der Waals surface area contributed by atoms with E-state index in [9.17, 15) is 22.8 Å². The Kier molecular flexibility index (Phi) is 5.94. The number of aromatic nitrogens is 1. The molecule has 0 aliphatic heterocycles. The fourth-order valence-electron chi connectivity index (χ4n) is 6.61. The topological polar surface area (TPSA) is 80.3 Å². The van der Waals surface area contributed by atoms with Crippen molar-refractivity contribution >= 4 is 34.7 Å². The Morgan fingerprint density at radius 3 is 2.16 bits per heavy atom. The van der Waals surface area contributed by atoms with Crippen molar-refractivity contribution in [2.45, 2.75) is 38.5 Å². The van der Waals surface area contributed by atoms with E-state index in [1.54, 1.807) is 30.5 Å². The van der Waals surface area contributed by atoms with Crippen LogP contribution in [-0.4, -0.2) is 17.0 Å². The Balaban J connectivity index is 1.08. The van der Waals surface area contributed by atoms with Gasteiger partial charge in [-0.1, -0.05) is 23.5 Å². The molecular weight excluding hydrogens is 503 g/mol. The Morgan fingerprint density at radius 2 is 1.51 bits per heavy atom. The second-order valence-electron chi connectivity index (χ2n) is 10.5. The van der Waals surface area contributed by atoms with Crippen molar-refractivity contribution in [1.29, 1.82) is 0 Å². The molecule has 192 valence electrons. The van der Waals surface area contributed by atoms with Crippen LogP contribution in [-0.2, 0) is 4.79 Å². The number of amides is 2. The highest BCUT2D eigenvalue weighted by atomic mass is 32.1. The average Bonchev–Trinajstić information content (AvgIpc) is 3.30. The minimum absolute atomic E-state index is 0.143. The van der Waals surface area contributed by atoms with Crippen molar-refractivity contribution in [3.63, 3.8) is 0 Å². The summed E-state index contributed by atoms with van der Waals surface area (Å²) in [5.74, 6) is -1.89. The predicted molar refractivity (Wildman–Crippen MR) is 133 cm³/mol. The molecule has 0 atom stereocenters. The number of halogens is 3. The molecule has 2 amide bonds. The van der Waals surface area contributed by atoms with Crippen LogP contribution in [0, 0.1) is 40.6 Å². The fraction of sp³-hybridized carbons (Fsp3) is 0.370. The number of hydrogen-bond donors (Lipinski definition) is 2. The van der Waals surface area contributed by atoms with E-state index < -0.39 is 29.2 Å². The van der Waals surface area contributed by atoms with E-state index in [0.717, 1.165) is 29.7 Å². The summed E-state index contributed by atoms with van der Waals surface area (Å²) in [6.07, 6.45) is 8.20. The van der Waals surface area contributed by atoms with E-state index in [0.29, 0.717) is 40.8 Å². The van der Waals surface area contributed by atoms with Crippen molar-refractivity contribution in [3.05, 3.63) is 60.0 Å². The third-order valence-electron chi connectivity index (χ3n) is 7.82. The molecule has 1 aromatic heterocycles. The van der Waals surface area contributed by atoms with Crippen LogP contribution in [0.25, 0.3) is 10.4 Å². The maximum absolute atomic E-state index is 13.8.